The van der Waals surface area contributed by atoms with Crippen molar-refractivity contribution in [2.24, 2.45) is 0 Å². The fourth-order valence-corrected chi connectivity index (χ4v) is 5.93. The number of hydrogen-bond acceptors (Lipinski definition) is 6. The Bertz CT molecular complexity index is 1530. The highest BCUT2D eigenvalue weighted by Crippen LogP contribution is 2.36. The Hall–Kier alpha value is -3.68. The number of carbonyl (C=O) groups is 1. The number of halogens is 3. The lowest BCUT2D eigenvalue weighted by Gasteiger charge is -2.22. The van der Waals surface area contributed by atoms with Crippen LogP contribution in [0.25, 0.3) is 22.1 Å². The fraction of sp³-hybridized carbons (Fsp3) is 0.364. The summed E-state index contributed by atoms with van der Waals surface area (Å²) in [6, 6.07) is 8.26. The molecule has 0 radical (unpaired) electrons. The number of urea groups is 1. The van der Waals surface area contributed by atoms with E-state index in [2.05, 4.69) is 25.6 Å². The van der Waals surface area contributed by atoms with Gasteiger partial charge in [0.25, 0.3) is 0 Å². The normalized spacial score (nSPS) is 18.7. The SMILES string of the molecule is CN(CC(F)(F)F)C(=O)NC1CCC(n2[nH]nc3c(S(=O)(=O)c4ccccc4)nc4nccc4c32)C1. The molecule has 190 valence electrons. The van der Waals surface area contributed by atoms with E-state index in [1.165, 1.54) is 18.3 Å². The topological polar surface area (TPSA) is 126 Å². The van der Waals surface area contributed by atoms with Crippen LogP contribution in [0.4, 0.5) is 18.0 Å². The van der Waals surface area contributed by atoms with Gasteiger partial charge in [0.2, 0.25) is 9.84 Å². The fourth-order valence-electron chi connectivity index (χ4n) is 4.59. The molecule has 1 aromatic carbocycles. The number of H-pyrrole nitrogens is 1. The Kier molecular flexibility index (Phi) is 5.85. The monoisotopic (exact) mass is 521 g/mol. The van der Waals surface area contributed by atoms with Crippen LogP contribution in [0.1, 0.15) is 25.3 Å². The number of hydrogen-bond donors (Lipinski definition) is 2. The minimum absolute atomic E-state index is 0.0749. The molecule has 3 aromatic heterocycles. The van der Waals surface area contributed by atoms with Crippen LogP contribution in [-0.2, 0) is 9.84 Å². The zero-order chi connectivity index (χ0) is 25.7. The van der Waals surface area contributed by atoms with Gasteiger partial charge in [-0.2, -0.15) is 18.3 Å². The molecule has 2 amide bonds. The maximum absolute atomic E-state index is 13.4. The van der Waals surface area contributed by atoms with E-state index in [-0.39, 0.29) is 33.2 Å². The molecule has 0 aliphatic heterocycles. The van der Waals surface area contributed by atoms with Gasteiger partial charge in [-0.25, -0.2) is 28.4 Å². The lowest BCUT2D eigenvalue weighted by molar-refractivity contribution is -0.137. The Morgan fingerprint density at radius 1 is 1.22 bits per heavy atom. The van der Waals surface area contributed by atoms with Gasteiger partial charge in [-0.15, -0.1) is 0 Å². The molecule has 2 N–H and O–H groups in total. The number of pyridine rings is 1. The number of rotatable bonds is 5. The first kappa shape index (κ1) is 24.0. The predicted molar refractivity (Wildman–Crippen MR) is 123 cm³/mol. The van der Waals surface area contributed by atoms with Gasteiger partial charge in [0.05, 0.1) is 10.9 Å². The van der Waals surface area contributed by atoms with E-state index >= 15 is 0 Å². The van der Waals surface area contributed by atoms with E-state index in [9.17, 15) is 26.4 Å². The number of sulfone groups is 1. The zero-order valence-corrected chi connectivity index (χ0v) is 19.8. The molecule has 1 aliphatic rings. The number of amides is 2. The average molecular weight is 522 g/mol. The first-order valence-electron chi connectivity index (χ1n) is 11.1. The van der Waals surface area contributed by atoms with Gasteiger partial charge >= 0.3 is 12.2 Å². The number of nitrogens with zero attached hydrogens (tertiary/aromatic N) is 5. The Balaban J connectivity index is 1.47. The number of nitrogens with one attached hydrogen (secondary N) is 2. The lowest BCUT2D eigenvalue weighted by Crippen LogP contribution is -2.45. The van der Waals surface area contributed by atoms with Gasteiger partial charge in [-0.3, -0.25) is 4.68 Å². The van der Waals surface area contributed by atoms with Crippen LogP contribution in [0.15, 0.2) is 52.5 Å². The first-order chi connectivity index (χ1) is 17.0. The second kappa shape index (κ2) is 8.76. The predicted octanol–water partition coefficient (Wildman–Crippen LogP) is 3.44. The average Bonchev–Trinajstić information content (AvgIpc) is 3.56. The first-order valence-corrected chi connectivity index (χ1v) is 12.6. The molecule has 0 spiro atoms. The summed E-state index contributed by atoms with van der Waals surface area (Å²) in [5, 5.41) is 10.2. The third kappa shape index (κ3) is 4.36. The number of aromatic nitrogens is 5. The van der Waals surface area contributed by atoms with Crippen molar-refractivity contribution < 1.29 is 26.4 Å². The Morgan fingerprint density at radius 2 is 1.97 bits per heavy atom. The molecule has 1 aliphatic carbocycles. The van der Waals surface area contributed by atoms with Crippen LogP contribution in [0, 0.1) is 0 Å². The van der Waals surface area contributed by atoms with Crippen molar-refractivity contribution in [1.82, 2.24) is 35.2 Å². The zero-order valence-electron chi connectivity index (χ0n) is 19.0. The van der Waals surface area contributed by atoms with Crippen LogP contribution >= 0.6 is 0 Å². The molecule has 0 bridgehead atoms. The van der Waals surface area contributed by atoms with E-state index in [1.54, 1.807) is 28.9 Å². The van der Waals surface area contributed by atoms with Crippen LogP contribution in [0.5, 0.6) is 0 Å². The van der Waals surface area contributed by atoms with Gasteiger partial charge in [0, 0.05) is 24.7 Å². The van der Waals surface area contributed by atoms with Crippen LogP contribution in [-0.4, -0.2) is 70.1 Å². The molecule has 1 saturated carbocycles. The van der Waals surface area contributed by atoms with Crippen molar-refractivity contribution in [3.63, 3.8) is 0 Å². The molecule has 10 nitrogen and oxygen atoms in total. The van der Waals surface area contributed by atoms with Crippen LogP contribution < -0.4 is 5.32 Å². The number of alkyl halides is 3. The summed E-state index contributed by atoms with van der Waals surface area (Å²) >= 11 is 0. The van der Waals surface area contributed by atoms with Gasteiger partial charge in [0.1, 0.15) is 17.6 Å². The second-order valence-corrected chi connectivity index (χ2v) is 10.6. The molecule has 0 saturated heterocycles. The maximum Gasteiger partial charge on any atom is 0.406 e. The molecule has 4 aromatic rings. The molecule has 14 heteroatoms. The van der Waals surface area contributed by atoms with Crippen LogP contribution in [0.2, 0.25) is 0 Å². The van der Waals surface area contributed by atoms with E-state index in [0.29, 0.717) is 35.1 Å². The van der Waals surface area contributed by atoms with Crippen molar-refractivity contribution in [3.05, 3.63) is 42.6 Å². The van der Waals surface area contributed by atoms with Crippen molar-refractivity contribution in [3.8, 4) is 0 Å². The lowest BCUT2D eigenvalue weighted by atomic mass is 10.2. The van der Waals surface area contributed by atoms with Crippen molar-refractivity contribution in [2.75, 3.05) is 13.6 Å². The quantitative estimate of drug-likeness (QED) is 0.415. The second-order valence-electron chi connectivity index (χ2n) is 8.78. The molecular formula is C22H22F3N7O3S. The molecular weight excluding hydrogens is 499 g/mol. The van der Waals surface area contributed by atoms with E-state index < -0.39 is 28.6 Å². The number of benzene rings is 1. The summed E-state index contributed by atoms with van der Waals surface area (Å²) in [6.45, 7) is -1.34. The summed E-state index contributed by atoms with van der Waals surface area (Å²) in [6.07, 6.45) is -1.41. The summed E-state index contributed by atoms with van der Waals surface area (Å²) in [4.78, 5) is 21.4. The summed E-state index contributed by atoms with van der Waals surface area (Å²) in [5.74, 6) is 0. The molecule has 36 heavy (non-hydrogen) atoms. The van der Waals surface area contributed by atoms with Gasteiger partial charge in [0.15, 0.2) is 10.7 Å². The third-order valence-electron chi connectivity index (χ3n) is 6.25. The minimum atomic E-state index is -4.49. The van der Waals surface area contributed by atoms with E-state index in [4.69, 9.17) is 0 Å². The van der Waals surface area contributed by atoms with Gasteiger partial charge in [-0.1, -0.05) is 18.2 Å². The molecule has 5 rings (SSSR count). The molecule has 3 heterocycles. The highest BCUT2D eigenvalue weighted by Gasteiger charge is 2.35. The van der Waals surface area contributed by atoms with E-state index in [1.807, 2.05) is 0 Å². The molecule has 2 atom stereocenters. The highest BCUT2D eigenvalue weighted by molar-refractivity contribution is 7.91. The summed E-state index contributed by atoms with van der Waals surface area (Å²) < 4.78 is 66.4. The van der Waals surface area contributed by atoms with Gasteiger partial charge < -0.3 is 10.2 Å². The maximum atomic E-state index is 13.4. The van der Waals surface area contributed by atoms with Crippen LogP contribution in [0.3, 0.4) is 0 Å². The summed E-state index contributed by atoms with van der Waals surface area (Å²) in [7, 11) is -2.91. The smallest absolute Gasteiger partial charge is 0.335 e. The standard InChI is InChI=1S/C22H22F3N7O3S/c1-31(12-22(23,24)25)21(33)27-13-7-8-14(11-13)32-18-16-9-10-26-19(16)28-20(17(18)29-30-32)36(34,35)15-5-3-2-4-6-15/h2-6,9-10,13-14,30H,7-8,11-12H2,1H3,(H,27,33). The van der Waals surface area contributed by atoms with E-state index in [0.717, 1.165) is 7.05 Å². The number of carbonyl (C=O) groups excluding carboxylic acids is 1. The third-order valence-corrected chi connectivity index (χ3v) is 7.93. The Labute approximate surface area is 203 Å². The molecule has 2 unspecified atom stereocenters. The number of fused-ring (bicyclic) bond motifs is 3. The van der Waals surface area contributed by atoms with Crippen molar-refractivity contribution in [2.45, 2.75) is 47.4 Å². The largest absolute Gasteiger partial charge is 0.406 e. The number of aromatic amines is 1. The van der Waals surface area contributed by atoms with Crippen molar-refractivity contribution in [1.29, 1.82) is 0 Å². The molecule has 1 fully saturated rings. The van der Waals surface area contributed by atoms with Gasteiger partial charge in [-0.05, 0) is 37.5 Å². The van der Waals surface area contributed by atoms with Crippen molar-refractivity contribution >= 4 is 37.9 Å². The summed E-state index contributed by atoms with van der Waals surface area (Å²) in [5.41, 5.74) is 0.929. The Morgan fingerprint density at radius 3 is 2.69 bits per heavy atom. The highest BCUT2D eigenvalue weighted by atomic mass is 32.2. The minimum Gasteiger partial charge on any atom is -0.335 e.